The summed E-state index contributed by atoms with van der Waals surface area (Å²) in [5, 5.41) is 12.0. The molecule has 0 aliphatic carbocycles. The van der Waals surface area contributed by atoms with Gasteiger partial charge in [-0.15, -0.1) is 0 Å². The molecule has 0 aromatic heterocycles. The molecule has 0 aromatic rings. The van der Waals surface area contributed by atoms with Gasteiger partial charge >= 0.3 is 0 Å². The van der Waals surface area contributed by atoms with Gasteiger partial charge in [-0.25, -0.2) is 0 Å². The molecule has 2 aliphatic heterocycles. The van der Waals surface area contributed by atoms with E-state index >= 15 is 0 Å². The Morgan fingerprint density at radius 2 is 2.15 bits per heavy atom. The molecule has 2 unspecified atom stereocenters. The van der Waals surface area contributed by atoms with E-state index in [0.717, 1.165) is 25.7 Å². The molecule has 2 heterocycles. The number of fused-ring (bicyclic) bond motifs is 2. The van der Waals surface area contributed by atoms with E-state index in [1.165, 1.54) is 19.3 Å². The summed E-state index contributed by atoms with van der Waals surface area (Å²) in [6, 6.07) is 3.71. The Kier molecular flexibility index (Phi) is 2.82. The smallest absolute Gasteiger partial charge is 0.0635 e. The Bertz CT molecular complexity index is 195. The minimum absolute atomic E-state index is 0.687. The summed E-state index contributed by atoms with van der Waals surface area (Å²) < 4.78 is 0. The van der Waals surface area contributed by atoms with Crippen LogP contribution in [0.25, 0.3) is 0 Å². The Balaban J connectivity index is 1.96. The molecule has 2 fully saturated rings. The highest BCUT2D eigenvalue weighted by Crippen LogP contribution is 2.27. The summed E-state index contributed by atoms with van der Waals surface area (Å²) in [6.07, 6.45) is 4.62. The Morgan fingerprint density at radius 3 is 3.00 bits per heavy atom. The van der Waals surface area contributed by atoms with E-state index in [9.17, 15) is 0 Å². The van der Waals surface area contributed by atoms with Gasteiger partial charge in [0.1, 0.15) is 0 Å². The molecular weight excluding hydrogens is 162 g/mol. The number of nitrogens with one attached hydrogen (secondary N) is 1. The van der Waals surface area contributed by atoms with Gasteiger partial charge in [-0.3, -0.25) is 4.90 Å². The molecule has 0 aromatic carbocycles. The minimum atomic E-state index is 0.687. The lowest BCUT2D eigenvalue weighted by atomic mass is 10.1. The van der Waals surface area contributed by atoms with Gasteiger partial charge in [0, 0.05) is 31.6 Å². The van der Waals surface area contributed by atoms with Crippen LogP contribution < -0.4 is 5.32 Å². The number of rotatable bonds is 2. The SMILES string of the molecule is N#CCCN1C2CCNCC1CC2. The van der Waals surface area contributed by atoms with Crippen molar-refractivity contribution in [2.45, 2.75) is 37.8 Å². The fourth-order valence-corrected chi connectivity index (χ4v) is 2.63. The van der Waals surface area contributed by atoms with Crippen LogP contribution in [0.4, 0.5) is 0 Å². The van der Waals surface area contributed by atoms with E-state index in [2.05, 4.69) is 16.3 Å². The lowest BCUT2D eigenvalue weighted by Crippen LogP contribution is -2.38. The van der Waals surface area contributed by atoms with Gasteiger partial charge in [0.2, 0.25) is 0 Å². The molecule has 72 valence electrons. The first-order valence-electron chi connectivity index (χ1n) is 5.25. The highest BCUT2D eigenvalue weighted by Gasteiger charge is 2.33. The molecule has 0 amide bonds. The van der Waals surface area contributed by atoms with Crippen molar-refractivity contribution in [3.63, 3.8) is 0 Å². The second-order valence-corrected chi connectivity index (χ2v) is 4.02. The second-order valence-electron chi connectivity index (χ2n) is 4.02. The van der Waals surface area contributed by atoms with Crippen LogP contribution in [-0.2, 0) is 0 Å². The Morgan fingerprint density at radius 1 is 1.31 bits per heavy atom. The number of nitrogens with zero attached hydrogens (tertiary/aromatic N) is 2. The minimum Gasteiger partial charge on any atom is -0.315 e. The van der Waals surface area contributed by atoms with Crippen LogP contribution >= 0.6 is 0 Å². The second kappa shape index (κ2) is 4.08. The first-order chi connectivity index (χ1) is 6.42. The van der Waals surface area contributed by atoms with Crippen molar-refractivity contribution in [3.05, 3.63) is 0 Å². The molecular formula is C10H17N3. The summed E-state index contributed by atoms with van der Waals surface area (Å²) in [7, 11) is 0. The average Bonchev–Trinajstić information content (AvgIpc) is 2.36. The van der Waals surface area contributed by atoms with Gasteiger partial charge < -0.3 is 5.32 Å². The van der Waals surface area contributed by atoms with Crippen molar-refractivity contribution in [1.82, 2.24) is 10.2 Å². The van der Waals surface area contributed by atoms with Gasteiger partial charge in [0.15, 0.2) is 0 Å². The van der Waals surface area contributed by atoms with Crippen molar-refractivity contribution in [2.24, 2.45) is 0 Å². The zero-order valence-corrected chi connectivity index (χ0v) is 8.00. The lowest BCUT2D eigenvalue weighted by molar-refractivity contribution is 0.207. The first-order valence-corrected chi connectivity index (χ1v) is 5.25. The normalized spacial score (nSPS) is 34.1. The van der Waals surface area contributed by atoms with Gasteiger partial charge in [0.05, 0.1) is 6.07 Å². The van der Waals surface area contributed by atoms with Crippen LogP contribution in [0.15, 0.2) is 0 Å². The van der Waals surface area contributed by atoms with E-state index in [1.807, 2.05) is 0 Å². The fraction of sp³-hybridized carbons (Fsp3) is 0.900. The van der Waals surface area contributed by atoms with Crippen LogP contribution in [0, 0.1) is 11.3 Å². The molecule has 2 bridgehead atoms. The largest absolute Gasteiger partial charge is 0.315 e. The van der Waals surface area contributed by atoms with Crippen LogP contribution in [0.2, 0.25) is 0 Å². The maximum atomic E-state index is 8.57. The molecule has 2 rings (SSSR count). The third-order valence-electron chi connectivity index (χ3n) is 3.29. The van der Waals surface area contributed by atoms with Gasteiger partial charge in [0.25, 0.3) is 0 Å². The standard InChI is InChI=1S/C10H17N3/c11-5-1-7-13-9-2-3-10(13)8-12-6-4-9/h9-10,12H,1-4,6-8H2. The summed E-state index contributed by atoms with van der Waals surface area (Å²) in [5.41, 5.74) is 0. The van der Waals surface area contributed by atoms with Gasteiger partial charge in [-0.05, 0) is 25.8 Å². The topological polar surface area (TPSA) is 39.1 Å². The summed E-state index contributed by atoms with van der Waals surface area (Å²) in [4.78, 5) is 2.54. The average molecular weight is 179 g/mol. The van der Waals surface area contributed by atoms with E-state index in [1.54, 1.807) is 0 Å². The first kappa shape index (κ1) is 8.98. The summed E-state index contributed by atoms with van der Waals surface area (Å²) in [5.74, 6) is 0. The zero-order valence-electron chi connectivity index (χ0n) is 8.00. The molecule has 1 N–H and O–H groups in total. The van der Waals surface area contributed by atoms with Crippen LogP contribution in [0.3, 0.4) is 0 Å². The summed E-state index contributed by atoms with van der Waals surface area (Å²) >= 11 is 0. The zero-order chi connectivity index (χ0) is 9.10. The molecule has 0 radical (unpaired) electrons. The van der Waals surface area contributed by atoms with Crippen molar-refractivity contribution in [3.8, 4) is 6.07 Å². The van der Waals surface area contributed by atoms with E-state index in [0.29, 0.717) is 12.5 Å². The predicted octanol–water partition coefficient (Wildman–Crippen LogP) is 0.726. The predicted molar refractivity (Wildman–Crippen MR) is 51.2 cm³/mol. The maximum absolute atomic E-state index is 8.57. The molecule has 2 aliphatic rings. The van der Waals surface area contributed by atoms with E-state index in [-0.39, 0.29) is 0 Å². The van der Waals surface area contributed by atoms with E-state index < -0.39 is 0 Å². The monoisotopic (exact) mass is 179 g/mol. The highest BCUT2D eigenvalue weighted by molar-refractivity contribution is 4.92. The van der Waals surface area contributed by atoms with Crippen molar-refractivity contribution in [2.75, 3.05) is 19.6 Å². The third-order valence-corrected chi connectivity index (χ3v) is 3.29. The van der Waals surface area contributed by atoms with Crippen LogP contribution in [0.5, 0.6) is 0 Å². The lowest BCUT2D eigenvalue weighted by Gasteiger charge is -2.26. The molecule has 2 atom stereocenters. The maximum Gasteiger partial charge on any atom is 0.0635 e. The number of hydrogen-bond donors (Lipinski definition) is 1. The molecule has 0 spiro atoms. The Labute approximate surface area is 79.7 Å². The highest BCUT2D eigenvalue weighted by atomic mass is 15.2. The van der Waals surface area contributed by atoms with Crippen LogP contribution in [-0.4, -0.2) is 36.6 Å². The van der Waals surface area contributed by atoms with Gasteiger partial charge in [-0.1, -0.05) is 0 Å². The summed E-state index contributed by atoms with van der Waals surface area (Å²) in [6.45, 7) is 3.26. The molecule has 3 nitrogen and oxygen atoms in total. The molecule has 0 saturated carbocycles. The number of nitriles is 1. The fourth-order valence-electron chi connectivity index (χ4n) is 2.63. The Hall–Kier alpha value is -0.590. The quantitative estimate of drug-likeness (QED) is 0.679. The molecule has 2 saturated heterocycles. The van der Waals surface area contributed by atoms with Crippen molar-refractivity contribution >= 4 is 0 Å². The van der Waals surface area contributed by atoms with Crippen molar-refractivity contribution < 1.29 is 0 Å². The van der Waals surface area contributed by atoms with Crippen LogP contribution in [0.1, 0.15) is 25.7 Å². The van der Waals surface area contributed by atoms with E-state index in [4.69, 9.17) is 5.26 Å². The third kappa shape index (κ3) is 1.84. The molecule has 13 heavy (non-hydrogen) atoms. The van der Waals surface area contributed by atoms with Crippen molar-refractivity contribution in [1.29, 1.82) is 5.26 Å². The number of hydrogen-bond acceptors (Lipinski definition) is 3. The molecule has 3 heteroatoms. The van der Waals surface area contributed by atoms with Gasteiger partial charge in [-0.2, -0.15) is 5.26 Å².